The van der Waals surface area contributed by atoms with Gasteiger partial charge in [0, 0.05) is 48.3 Å². The van der Waals surface area contributed by atoms with Gasteiger partial charge in [0.15, 0.2) is 0 Å². The van der Waals surface area contributed by atoms with Gasteiger partial charge in [-0.3, -0.25) is 4.90 Å². The number of rotatable bonds is 4. The van der Waals surface area contributed by atoms with Crippen LogP contribution in [0.1, 0.15) is 18.0 Å². The minimum absolute atomic E-state index is 0.340. The number of piperazine rings is 1. The number of benzene rings is 1. The molecule has 2 aromatic heterocycles. The summed E-state index contributed by atoms with van der Waals surface area (Å²) in [5.41, 5.74) is 0.860. The molecule has 1 fully saturated rings. The molecule has 1 aliphatic rings. The molecule has 0 spiro atoms. The molecule has 4 rings (SSSR count). The molecular formula is C17H18ClN5OS. The number of halogens is 1. The van der Waals surface area contributed by atoms with Gasteiger partial charge in [-0.2, -0.15) is 4.98 Å². The van der Waals surface area contributed by atoms with Crippen LogP contribution >= 0.6 is 22.9 Å². The van der Waals surface area contributed by atoms with E-state index in [2.05, 4.69) is 31.8 Å². The fraction of sp³-hybridized carbons (Fsp3) is 0.353. The highest BCUT2D eigenvalue weighted by Crippen LogP contribution is 2.26. The third-order valence-corrected chi connectivity index (χ3v) is 5.62. The largest absolute Gasteiger partial charge is 0.324 e. The monoisotopic (exact) mass is 375 g/mol. The number of hydrogen-bond donors (Lipinski definition) is 0. The van der Waals surface area contributed by atoms with E-state index in [1.54, 1.807) is 11.3 Å². The SMILES string of the molecule is CC(c1nccs1)N1CCN(c2nc(-c3cccc(Cl)c3)no2)CC1. The number of nitrogens with zero attached hydrogens (tertiary/aromatic N) is 5. The Morgan fingerprint density at radius 2 is 2.08 bits per heavy atom. The van der Waals surface area contributed by atoms with E-state index < -0.39 is 0 Å². The number of anilines is 1. The molecule has 25 heavy (non-hydrogen) atoms. The highest BCUT2D eigenvalue weighted by Gasteiger charge is 2.26. The molecule has 1 unspecified atom stereocenters. The molecule has 0 saturated carbocycles. The summed E-state index contributed by atoms with van der Waals surface area (Å²) in [4.78, 5) is 13.5. The van der Waals surface area contributed by atoms with Crippen LogP contribution in [-0.2, 0) is 0 Å². The van der Waals surface area contributed by atoms with Crippen LogP contribution in [0.25, 0.3) is 11.4 Å². The molecule has 0 radical (unpaired) electrons. The van der Waals surface area contributed by atoms with Crippen molar-refractivity contribution < 1.29 is 4.52 Å². The zero-order valence-corrected chi connectivity index (χ0v) is 15.4. The Kier molecular flexibility index (Phi) is 4.70. The molecule has 0 aliphatic carbocycles. The smallest absolute Gasteiger partial charge is 0.322 e. The van der Waals surface area contributed by atoms with E-state index >= 15 is 0 Å². The van der Waals surface area contributed by atoms with Crippen LogP contribution in [0, 0.1) is 0 Å². The molecule has 0 bridgehead atoms. The Morgan fingerprint density at radius 3 is 2.80 bits per heavy atom. The van der Waals surface area contributed by atoms with Crippen LogP contribution < -0.4 is 4.90 Å². The highest BCUT2D eigenvalue weighted by atomic mass is 35.5. The molecule has 0 amide bonds. The van der Waals surface area contributed by atoms with Crippen LogP contribution in [0.2, 0.25) is 5.02 Å². The first-order valence-electron chi connectivity index (χ1n) is 8.19. The van der Waals surface area contributed by atoms with Gasteiger partial charge in [-0.15, -0.1) is 11.3 Å². The van der Waals surface area contributed by atoms with Crippen molar-refractivity contribution in [1.29, 1.82) is 0 Å². The van der Waals surface area contributed by atoms with Gasteiger partial charge >= 0.3 is 6.01 Å². The van der Waals surface area contributed by atoms with E-state index in [9.17, 15) is 0 Å². The Labute approximate surface area is 155 Å². The molecule has 0 N–H and O–H groups in total. The van der Waals surface area contributed by atoms with Gasteiger partial charge in [-0.25, -0.2) is 4.98 Å². The molecule has 1 atom stereocenters. The van der Waals surface area contributed by atoms with Crippen molar-refractivity contribution in [3.63, 3.8) is 0 Å². The predicted octanol–water partition coefficient (Wildman–Crippen LogP) is 3.73. The highest BCUT2D eigenvalue weighted by molar-refractivity contribution is 7.09. The normalized spacial score (nSPS) is 17.0. The Morgan fingerprint density at radius 1 is 1.24 bits per heavy atom. The maximum absolute atomic E-state index is 6.03. The van der Waals surface area contributed by atoms with Crippen molar-refractivity contribution in [2.24, 2.45) is 0 Å². The van der Waals surface area contributed by atoms with Gasteiger partial charge in [0.05, 0.1) is 6.04 Å². The van der Waals surface area contributed by atoms with Crippen molar-refractivity contribution in [2.75, 3.05) is 31.1 Å². The summed E-state index contributed by atoms with van der Waals surface area (Å²) in [6.45, 7) is 5.80. The predicted molar refractivity (Wildman–Crippen MR) is 99.1 cm³/mol. The Balaban J connectivity index is 1.41. The lowest BCUT2D eigenvalue weighted by molar-refractivity contribution is 0.194. The first-order valence-corrected chi connectivity index (χ1v) is 9.44. The van der Waals surface area contributed by atoms with E-state index in [0.717, 1.165) is 36.8 Å². The van der Waals surface area contributed by atoms with Gasteiger partial charge in [-0.05, 0) is 19.1 Å². The Bertz CT molecular complexity index is 829. The topological polar surface area (TPSA) is 58.3 Å². The summed E-state index contributed by atoms with van der Waals surface area (Å²) in [5.74, 6) is 0.566. The van der Waals surface area contributed by atoms with Crippen molar-refractivity contribution in [1.82, 2.24) is 20.0 Å². The minimum atomic E-state index is 0.340. The Hall–Kier alpha value is -1.96. The molecule has 8 heteroatoms. The van der Waals surface area contributed by atoms with Crippen LogP contribution in [0.15, 0.2) is 40.4 Å². The van der Waals surface area contributed by atoms with Crippen molar-refractivity contribution in [3.05, 3.63) is 45.9 Å². The molecule has 1 aromatic carbocycles. The standard InChI is InChI=1S/C17H18ClN5OS/c1-12(16-19-5-10-25-16)22-6-8-23(9-7-22)17-20-15(21-24-17)13-3-2-4-14(18)11-13/h2-5,10-12H,6-9H2,1H3. The first kappa shape index (κ1) is 16.5. The van der Waals surface area contributed by atoms with E-state index in [4.69, 9.17) is 16.1 Å². The molecule has 3 aromatic rings. The molecule has 3 heterocycles. The third-order valence-electron chi connectivity index (χ3n) is 4.44. The maximum Gasteiger partial charge on any atom is 0.324 e. The van der Waals surface area contributed by atoms with Gasteiger partial charge in [0.1, 0.15) is 5.01 Å². The van der Waals surface area contributed by atoms with Gasteiger partial charge in [0.25, 0.3) is 0 Å². The summed E-state index contributed by atoms with van der Waals surface area (Å²) >= 11 is 7.74. The lowest BCUT2D eigenvalue weighted by Crippen LogP contribution is -2.47. The van der Waals surface area contributed by atoms with Gasteiger partial charge < -0.3 is 9.42 Å². The summed E-state index contributed by atoms with van der Waals surface area (Å²) in [6, 6.07) is 8.38. The summed E-state index contributed by atoms with van der Waals surface area (Å²) < 4.78 is 5.46. The van der Waals surface area contributed by atoms with E-state index in [1.807, 2.05) is 35.8 Å². The number of aromatic nitrogens is 3. The van der Waals surface area contributed by atoms with Gasteiger partial charge in [-0.1, -0.05) is 28.9 Å². The zero-order chi connectivity index (χ0) is 17.2. The average molecular weight is 376 g/mol. The number of thiazole rings is 1. The molecule has 130 valence electrons. The molecule has 1 aliphatic heterocycles. The van der Waals surface area contributed by atoms with Crippen LogP contribution in [0.3, 0.4) is 0 Å². The second-order valence-corrected chi connectivity index (χ2v) is 7.34. The maximum atomic E-state index is 6.03. The first-order chi connectivity index (χ1) is 12.2. The van der Waals surface area contributed by atoms with Crippen LogP contribution in [-0.4, -0.2) is 46.2 Å². The third kappa shape index (κ3) is 3.53. The van der Waals surface area contributed by atoms with Crippen LogP contribution in [0.5, 0.6) is 0 Å². The molecule has 1 saturated heterocycles. The van der Waals surface area contributed by atoms with E-state index in [0.29, 0.717) is 22.9 Å². The van der Waals surface area contributed by atoms with E-state index in [-0.39, 0.29) is 0 Å². The van der Waals surface area contributed by atoms with Crippen molar-refractivity contribution in [3.8, 4) is 11.4 Å². The lowest BCUT2D eigenvalue weighted by Gasteiger charge is -2.36. The van der Waals surface area contributed by atoms with Crippen LogP contribution in [0.4, 0.5) is 6.01 Å². The summed E-state index contributed by atoms with van der Waals surface area (Å²) in [6.07, 6.45) is 1.86. The molecular weight excluding hydrogens is 358 g/mol. The zero-order valence-electron chi connectivity index (χ0n) is 13.8. The lowest BCUT2D eigenvalue weighted by atomic mass is 10.2. The minimum Gasteiger partial charge on any atom is -0.322 e. The fourth-order valence-corrected chi connectivity index (χ4v) is 3.91. The van der Waals surface area contributed by atoms with E-state index in [1.165, 1.54) is 0 Å². The van der Waals surface area contributed by atoms with Crippen molar-refractivity contribution in [2.45, 2.75) is 13.0 Å². The quantitative estimate of drug-likeness (QED) is 0.692. The second kappa shape index (κ2) is 7.11. The summed E-state index contributed by atoms with van der Waals surface area (Å²) in [5, 5.41) is 7.94. The van der Waals surface area contributed by atoms with Crippen molar-refractivity contribution >= 4 is 29.0 Å². The fourth-order valence-electron chi connectivity index (χ4n) is 2.99. The van der Waals surface area contributed by atoms with Gasteiger partial charge in [0.2, 0.25) is 5.82 Å². The summed E-state index contributed by atoms with van der Waals surface area (Å²) in [7, 11) is 0. The average Bonchev–Trinajstić information content (AvgIpc) is 3.33. The molecule has 6 nitrogen and oxygen atoms in total. The second-order valence-electron chi connectivity index (χ2n) is 5.98. The number of hydrogen-bond acceptors (Lipinski definition) is 7.